The Kier molecular flexibility index (Phi) is 6.08. The number of methoxy groups -OCH3 is 1. The van der Waals surface area contributed by atoms with Crippen LogP contribution in [0, 0.1) is 23.1 Å². The highest BCUT2D eigenvalue weighted by molar-refractivity contribution is 6.06. The van der Waals surface area contributed by atoms with E-state index in [9.17, 15) is 14.4 Å². The molecule has 0 saturated heterocycles. The van der Waals surface area contributed by atoms with Gasteiger partial charge in [0.25, 0.3) is 5.91 Å². The molecule has 0 radical (unpaired) electrons. The Balaban J connectivity index is 1.59. The summed E-state index contributed by atoms with van der Waals surface area (Å²) in [4.78, 5) is 20.8. The normalized spacial score (nSPS) is 13.2. The number of aromatic nitrogens is 2. The number of hydrogen-bond acceptors (Lipinski definition) is 6. The lowest BCUT2D eigenvalue weighted by molar-refractivity contribution is -0.112. The number of halogens is 1. The molecule has 0 atom stereocenters. The van der Waals surface area contributed by atoms with Gasteiger partial charge in [-0.15, -0.1) is 0 Å². The Morgan fingerprint density at radius 1 is 1.25 bits per heavy atom. The number of nitrogens with one attached hydrogen (secondary N) is 2. The average molecular weight is 429 g/mol. The number of hydrogen-bond donors (Lipinski definition) is 2. The van der Waals surface area contributed by atoms with Gasteiger partial charge in [0, 0.05) is 11.3 Å². The lowest BCUT2D eigenvalue weighted by Gasteiger charge is -2.13. The van der Waals surface area contributed by atoms with E-state index in [1.54, 1.807) is 48.5 Å². The fraction of sp³-hybridized carbons (Fsp3) is 0.167. The van der Waals surface area contributed by atoms with Gasteiger partial charge in [-0.1, -0.05) is 36.4 Å². The fourth-order valence-corrected chi connectivity index (χ4v) is 3.09. The van der Waals surface area contributed by atoms with Crippen molar-refractivity contribution in [2.24, 2.45) is 5.92 Å². The van der Waals surface area contributed by atoms with Crippen molar-refractivity contribution in [3.05, 3.63) is 72.2 Å². The van der Waals surface area contributed by atoms with Crippen LogP contribution in [0.4, 0.5) is 21.7 Å². The molecular weight excluding hydrogens is 409 g/mol. The van der Waals surface area contributed by atoms with Crippen LogP contribution in [0.25, 0.3) is 11.3 Å². The molecule has 8 heteroatoms. The molecule has 0 bridgehead atoms. The smallest absolute Gasteiger partial charge is 0.265 e. The van der Waals surface area contributed by atoms with Crippen molar-refractivity contribution >= 4 is 23.2 Å². The van der Waals surface area contributed by atoms with Gasteiger partial charge in [-0.25, -0.2) is 14.4 Å². The molecule has 0 spiro atoms. The molecule has 1 fully saturated rings. The number of anilines is 3. The Morgan fingerprint density at radius 3 is 2.72 bits per heavy atom. The largest absolute Gasteiger partial charge is 0.495 e. The molecule has 7 nitrogen and oxygen atoms in total. The van der Waals surface area contributed by atoms with Crippen LogP contribution >= 0.6 is 0 Å². The average Bonchev–Trinajstić information content (AvgIpc) is 3.64. The van der Waals surface area contributed by atoms with Crippen LogP contribution in [-0.2, 0) is 4.79 Å². The zero-order valence-electron chi connectivity index (χ0n) is 17.3. The van der Waals surface area contributed by atoms with E-state index in [-0.39, 0.29) is 17.2 Å². The molecule has 1 aromatic heterocycles. The maximum absolute atomic E-state index is 14.3. The summed E-state index contributed by atoms with van der Waals surface area (Å²) < 4.78 is 19.7. The summed E-state index contributed by atoms with van der Waals surface area (Å²) in [6, 6.07) is 15.9. The van der Waals surface area contributed by atoms with Gasteiger partial charge in [-0.3, -0.25) is 4.79 Å². The van der Waals surface area contributed by atoms with Crippen LogP contribution in [0.1, 0.15) is 12.8 Å². The highest BCUT2D eigenvalue weighted by Crippen LogP contribution is 2.33. The number of carbonyl (C=O) groups excluding carboxylic acids is 1. The number of allylic oxidation sites excluding steroid dienone is 1. The molecule has 160 valence electrons. The summed E-state index contributed by atoms with van der Waals surface area (Å²) in [5.41, 5.74) is 1.80. The van der Waals surface area contributed by atoms with Gasteiger partial charge in [0.1, 0.15) is 23.1 Å². The van der Waals surface area contributed by atoms with Crippen molar-refractivity contribution < 1.29 is 13.9 Å². The summed E-state index contributed by atoms with van der Waals surface area (Å²) in [7, 11) is 1.51. The molecule has 4 rings (SSSR count). The van der Waals surface area contributed by atoms with Gasteiger partial charge in [-0.05, 0) is 37.0 Å². The van der Waals surface area contributed by atoms with Crippen LogP contribution < -0.4 is 15.4 Å². The second-order valence-corrected chi connectivity index (χ2v) is 7.28. The highest BCUT2D eigenvalue weighted by Gasteiger charge is 2.22. The number of nitrogens with zero attached hydrogens (tertiary/aromatic N) is 3. The van der Waals surface area contributed by atoms with Crippen LogP contribution in [0.15, 0.2) is 66.4 Å². The van der Waals surface area contributed by atoms with Gasteiger partial charge in [0.2, 0.25) is 5.95 Å². The zero-order chi connectivity index (χ0) is 22.5. The third kappa shape index (κ3) is 4.90. The summed E-state index contributed by atoms with van der Waals surface area (Å²) in [5, 5.41) is 15.0. The summed E-state index contributed by atoms with van der Waals surface area (Å²) in [5.74, 6) is -0.0661. The van der Waals surface area contributed by atoms with E-state index in [0.717, 1.165) is 19.0 Å². The minimum atomic E-state index is -0.541. The van der Waals surface area contributed by atoms with E-state index in [0.29, 0.717) is 28.6 Å². The predicted molar refractivity (Wildman–Crippen MR) is 119 cm³/mol. The molecular formula is C24H20FN5O2. The van der Waals surface area contributed by atoms with Crippen molar-refractivity contribution in [2.75, 3.05) is 17.7 Å². The van der Waals surface area contributed by atoms with E-state index in [1.165, 1.54) is 7.11 Å². The molecule has 1 saturated carbocycles. The van der Waals surface area contributed by atoms with Crippen LogP contribution in [-0.4, -0.2) is 23.0 Å². The first-order valence-corrected chi connectivity index (χ1v) is 10.0. The van der Waals surface area contributed by atoms with Crippen molar-refractivity contribution in [2.45, 2.75) is 12.8 Å². The van der Waals surface area contributed by atoms with E-state index in [4.69, 9.17) is 4.74 Å². The number of nitriles is 1. The first kappa shape index (κ1) is 21.0. The van der Waals surface area contributed by atoms with Gasteiger partial charge in [0.05, 0.1) is 19.0 Å². The maximum atomic E-state index is 14.3. The van der Waals surface area contributed by atoms with Gasteiger partial charge >= 0.3 is 0 Å². The number of rotatable bonds is 7. The molecule has 3 aromatic rings. The van der Waals surface area contributed by atoms with Crippen molar-refractivity contribution in [1.82, 2.24) is 9.97 Å². The molecule has 32 heavy (non-hydrogen) atoms. The predicted octanol–water partition coefficient (Wildman–Crippen LogP) is 4.83. The van der Waals surface area contributed by atoms with Gasteiger partial charge in [-0.2, -0.15) is 5.26 Å². The Labute approximate surface area is 184 Å². The van der Waals surface area contributed by atoms with E-state index < -0.39 is 11.7 Å². The van der Waals surface area contributed by atoms with Gasteiger partial charge < -0.3 is 15.4 Å². The number of ether oxygens (including phenoxy) is 1. The molecule has 0 unspecified atom stereocenters. The standard InChI is InChI=1S/C24H20FN5O2/c1-32-21-10-9-18(28-23(31)17(13-26)11-15-7-8-15)12-20(21)29-24-27-14-19(25)22(30-24)16-5-3-2-4-6-16/h2-6,9-12,14-15H,7-8H2,1H3,(H,28,31)(H,27,29,30). The van der Waals surface area contributed by atoms with Crippen molar-refractivity contribution in [1.29, 1.82) is 5.26 Å². The third-order valence-electron chi connectivity index (χ3n) is 4.88. The van der Waals surface area contributed by atoms with Crippen LogP contribution in [0.3, 0.4) is 0 Å². The quantitative estimate of drug-likeness (QED) is 0.412. The summed E-state index contributed by atoms with van der Waals surface area (Å²) in [6.45, 7) is 0. The number of amides is 1. The molecule has 0 aliphatic heterocycles. The van der Waals surface area contributed by atoms with Crippen molar-refractivity contribution in [3.8, 4) is 23.1 Å². The SMILES string of the molecule is COc1ccc(NC(=O)C(C#N)=CC2CC2)cc1Nc1ncc(F)c(-c2ccccc2)n1. The first-order chi connectivity index (χ1) is 15.6. The fourth-order valence-electron chi connectivity index (χ4n) is 3.09. The molecule has 2 N–H and O–H groups in total. The number of carbonyl (C=O) groups is 1. The molecule has 1 aliphatic carbocycles. The summed E-state index contributed by atoms with van der Waals surface area (Å²) >= 11 is 0. The van der Waals surface area contributed by atoms with Gasteiger partial charge in [0.15, 0.2) is 5.82 Å². The zero-order valence-corrected chi connectivity index (χ0v) is 17.3. The molecule has 2 aromatic carbocycles. The minimum Gasteiger partial charge on any atom is -0.495 e. The first-order valence-electron chi connectivity index (χ1n) is 10.0. The highest BCUT2D eigenvalue weighted by atomic mass is 19.1. The molecule has 1 amide bonds. The number of benzene rings is 2. The Morgan fingerprint density at radius 2 is 2.03 bits per heavy atom. The van der Waals surface area contributed by atoms with E-state index in [1.807, 2.05) is 12.1 Å². The minimum absolute atomic E-state index is 0.0900. The van der Waals surface area contributed by atoms with E-state index >= 15 is 0 Å². The summed E-state index contributed by atoms with van der Waals surface area (Å²) in [6.07, 6.45) is 4.79. The van der Waals surface area contributed by atoms with Crippen LogP contribution in [0.2, 0.25) is 0 Å². The van der Waals surface area contributed by atoms with Crippen LogP contribution in [0.5, 0.6) is 5.75 Å². The van der Waals surface area contributed by atoms with Crippen molar-refractivity contribution in [3.63, 3.8) is 0 Å². The topological polar surface area (TPSA) is 99.9 Å². The second-order valence-electron chi connectivity index (χ2n) is 7.28. The Bertz CT molecular complexity index is 1220. The molecule has 1 aliphatic rings. The Hall–Kier alpha value is -4.25. The lowest BCUT2D eigenvalue weighted by Crippen LogP contribution is -2.14. The third-order valence-corrected chi connectivity index (χ3v) is 4.88. The second kappa shape index (κ2) is 9.27. The van der Waals surface area contributed by atoms with E-state index in [2.05, 4.69) is 20.6 Å². The molecule has 1 heterocycles. The maximum Gasteiger partial charge on any atom is 0.265 e. The lowest BCUT2D eigenvalue weighted by atomic mass is 10.1. The monoisotopic (exact) mass is 429 g/mol.